The van der Waals surface area contributed by atoms with Crippen molar-refractivity contribution >= 4 is 23.3 Å². The second-order valence-corrected chi connectivity index (χ2v) is 5.90. The molecule has 2 aromatic rings. The smallest absolute Gasteiger partial charge is 0.267 e. The summed E-state index contributed by atoms with van der Waals surface area (Å²) in [4.78, 5) is 31.4. The molecule has 2 aromatic heterocycles. The summed E-state index contributed by atoms with van der Waals surface area (Å²) >= 11 is 0. The van der Waals surface area contributed by atoms with Crippen LogP contribution in [0.3, 0.4) is 0 Å². The molecule has 25 heavy (non-hydrogen) atoms. The van der Waals surface area contributed by atoms with Crippen LogP contribution in [0.15, 0.2) is 28.9 Å². The molecule has 2 amide bonds. The van der Waals surface area contributed by atoms with Crippen LogP contribution in [0.1, 0.15) is 16.2 Å². The zero-order valence-electron chi connectivity index (χ0n) is 13.9. The number of aryl methyl sites for hydroxylation is 1. The molecule has 3 N–H and O–H groups in total. The van der Waals surface area contributed by atoms with Crippen molar-refractivity contribution in [3.05, 3.63) is 35.9 Å². The van der Waals surface area contributed by atoms with Gasteiger partial charge in [-0.1, -0.05) is 5.16 Å². The molecule has 0 aliphatic carbocycles. The van der Waals surface area contributed by atoms with Crippen LogP contribution in [0.5, 0.6) is 0 Å². The van der Waals surface area contributed by atoms with Crippen molar-refractivity contribution in [1.82, 2.24) is 15.0 Å². The van der Waals surface area contributed by atoms with Crippen LogP contribution in [0.2, 0.25) is 0 Å². The van der Waals surface area contributed by atoms with Gasteiger partial charge in [0.15, 0.2) is 5.82 Å². The number of hydrogen-bond acceptors (Lipinski definition) is 7. The number of carbonyl (C=O) groups is 2. The number of piperazine rings is 1. The summed E-state index contributed by atoms with van der Waals surface area (Å²) < 4.78 is 4.92. The van der Waals surface area contributed by atoms with Gasteiger partial charge in [0.05, 0.1) is 6.54 Å². The van der Waals surface area contributed by atoms with E-state index in [0.717, 1.165) is 31.9 Å². The molecular weight excluding hydrogens is 324 g/mol. The highest BCUT2D eigenvalue weighted by molar-refractivity contribution is 5.92. The van der Waals surface area contributed by atoms with Gasteiger partial charge in [-0.05, 0) is 19.1 Å². The third kappa shape index (κ3) is 4.32. The molecule has 1 aliphatic rings. The minimum absolute atomic E-state index is 0.123. The number of amides is 2. The van der Waals surface area contributed by atoms with Gasteiger partial charge in [0.1, 0.15) is 11.5 Å². The highest BCUT2D eigenvalue weighted by Crippen LogP contribution is 2.17. The molecule has 0 bridgehead atoms. The van der Waals surface area contributed by atoms with E-state index in [9.17, 15) is 9.59 Å². The van der Waals surface area contributed by atoms with E-state index in [1.165, 1.54) is 0 Å². The van der Waals surface area contributed by atoms with Crippen molar-refractivity contribution in [2.45, 2.75) is 6.92 Å². The molecule has 0 unspecified atom stereocenters. The second-order valence-electron chi connectivity index (χ2n) is 5.90. The number of nitrogens with zero attached hydrogens (tertiary/aromatic N) is 4. The quantitative estimate of drug-likeness (QED) is 0.797. The van der Waals surface area contributed by atoms with Gasteiger partial charge in [-0.2, -0.15) is 0 Å². The number of primary amides is 1. The van der Waals surface area contributed by atoms with Gasteiger partial charge >= 0.3 is 0 Å². The predicted octanol–water partition coefficient (Wildman–Crippen LogP) is 0.238. The van der Waals surface area contributed by atoms with Crippen LogP contribution in [0.4, 0.5) is 11.5 Å². The van der Waals surface area contributed by atoms with E-state index in [0.29, 0.717) is 18.1 Å². The van der Waals surface area contributed by atoms with Gasteiger partial charge in [0.25, 0.3) is 5.91 Å². The normalized spacial score (nSPS) is 15.2. The van der Waals surface area contributed by atoms with Gasteiger partial charge in [0, 0.05) is 44.1 Å². The van der Waals surface area contributed by atoms with E-state index in [-0.39, 0.29) is 11.6 Å². The molecular formula is C16H20N6O3. The molecule has 0 atom stereocenters. The van der Waals surface area contributed by atoms with Crippen LogP contribution in [-0.2, 0) is 4.79 Å². The summed E-state index contributed by atoms with van der Waals surface area (Å²) in [5, 5.41) is 6.46. The molecule has 9 heteroatoms. The molecule has 9 nitrogen and oxygen atoms in total. The van der Waals surface area contributed by atoms with Crippen molar-refractivity contribution in [3.63, 3.8) is 0 Å². The summed E-state index contributed by atoms with van der Waals surface area (Å²) in [5.74, 6) is 0.412. The fourth-order valence-electron chi connectivity index (χ4n) is 2.73. The number of pyridine rings is 1. The van der Waals surface area contributed by atoms with Gasteiger partial charge in [0.2, 0.25) is 5.91 Å². The third-order valence-electron chi connectivity index (χ3n) is 4.00. The summed E-state index contributed by atoms with van der Waals surface area (Å²) in [5.41, 5.74) is 6.43. The van der Waals surface area contributed by atoms with E-state index in [2.05, 4.69) is 25.3 Å². The number of rotatable bonds is 5. The highest BCUT2D eigenvalue weighted by Gasteiger charge is 2.20. The van der Waals surface area contributed by atoms with Gasteiger partial charge < -0.3 is 20.5 Å². The number of anilines is 2. The van der Waals surface area contributed by atoms with Crippen molar-refractivity contribution in [2.75, 3.05) is 42.9 Å². The minimum atomic E-state index is -0.541. The lowest BCUT2D eigenvalue weighted by Crippen LogP contribution is -2.48. The van der Waals surface area contributed by atoms with E-state index >= 15 is 0 Å². The average Bonchev–Trinajstić information content (AvgIpc) is 3.00. The molecule has 3 rings (SSSR count). The average molecular weight is 344 g/mol. The SMILES string of the molecule is Cc1cc(NC(=O)CN2CCN(c3ccnc(C(N)=O)c3)CC2)no1. The maximum Gasteiger partial charge on any atom is 0.267 e. The summed E-state index contributed by atoms with van der Waals surface area (Å²) in [6, 6.07) is 5.22. The Balaban J connectivity index is 1.51. The highest BCUT2D eigenvalue weighted by atomic mass is 16.5. The van der Waals surface area contributed by atoms with Crippen LogP contribution < -0.4 is 16.0 Å². The van der Waals surface area contributed by atoms with E-state index in [4.69, 9.17) is 10.3 Å². The maximum atomic E-state index is 12.1. The molecule has 0 saturated carbocycles. The summed E-state index contributed by atoms with van der Waals surface area (Å²) in [6.45, 7) is 5.03. The Morgan fingerprint density at radius 2 is 2.04 bits per heavy atom. The first-order valence-corrected chi connectivity index (χ1v) is 7.97. The molecule has 3 heterocycles. The fourth-order valence-corrected chi connectivity index (χ4v) is 2.73. The Kier molecular flexibility index (Phi) is 4.94. The fraction of sp³-hybridized carbons (Fsp3) is 0.375. The maximum absolute atomic E-state index is 12.1. The van der Waals surface area contributed by atoms with E-state index in [1.807, 2.05) is 6.07 Å². The number of hydrogen-bond donors (Lipinski definition) is 2. The zero-order chi connectivity index (χ0) is 17.8. The molecule has 1 fully saturated rings. The molecule has 0 spiro atoms. The first-order valence-electron chi connectivity index (χ1n) is 7.97. The zero-order valence-corrected chi connectivity index (χ0v) is 13.9. The van der Waals surface area contributed by atoms with Crippen molar-refractivity contribution in [2.24, 2.45) is 5.73 Å². The Labute approximate surface area is 144 Å². The van der Waals surface area contributed by atoms with Crippen molar-refractivity contribution in [1.29, 1.82) is 0 Å². The Morgan fingerprint density at radius 3 is 2.68 bits per heavy atom. The number of nitrogens with two attached hydrogens (primary N) is 1. The summed E-state index contributed by atoms with van der Waals surface area (Å²) in [7, 11) is 0. The monoisotopic (exact) mass is 344 g/mol. The van der Waals surface area contributed by atoms with Crippen molar-refractivity contribution < 1.29 is 14.1 Å². The Morgan fingerprint density at radius 1 is 1.28 bits per heavy atom. The van der Waals surface area contributed by atoms with Crippen LogP contribution in [-0.4, -0.2) is 59.6 Å². The molecule has 1 aliphatic heterocycles. The predicted molar refractivity (Wildman–Crippen MR) is 91.3 cm³/mol. The lowest BCUT2D eigenvalue weighted by molar-refractivity contribution is -0.117. The molecule has 132 valence electrons. The van der Waals surface area contributed by atoms with Gasteiger partial charge in [-0.15, -0.1) is 0 Å². The second kappa shape index (κ2) is 7.31. The summed E-state index contributed by atoms with van der Waals surface area (Å²) in [6.07, 6.45) is 1.58. The van der Waals surface area contributed by atoms with Gasteiger partial charge in [-0.3, -0.25) is 19.5 Å². The van der Waals surface area contributed by atoms with Crippen LogP contribution in [0, 0.1) is 6.92 Å². The first kappa shape index (κ1) is 16.9. The first-order chi connectivity index (χ1) is 12.0. The Bertz CT molecular complexity index is 767. The molecule has 1 saturated heterocycles. The molecule has 0 radical (unpaired) electrons. The standard InChI is InChI=1S/C16H20N6O3/c1-11-8-14(20-25-11)19-15(23)10-21-4-6-22(7-5-21)12-2-3-18-13(9-12)16(17)24/h2-3,8-9H,4-7,10H2,1H3,(H2,17,24)(H,19,20,23). The number of aromatic nitrogens is 2. The minimum Gasteiger partial charge on any atom is -0.369 e. The molecule has 0 aromatic carbocycles. The van der Waals surface area contributed by atoms with Crippen molar-refractivity contribution in [3.8, 4) is 0 Å². The number of nitrogens with one attached hydrogen (secondary N) is 1. The van der Waals surface area contributed by atoms with Crippen LogP contribution in [0.25, 0.3) is 0 Å². The topological polar surface area (TPSA) is 118 Å². The lowest BCUT2D eigenvalue weighted by Gasteiger charge is -2.35. The third-order valence-corrected chi connectivity index (χ3v) is 4.00. The van der Waals surface area contributed by atoms with Gasteiger partial charge in [-0.25, -0.2) is 0 Å². The van der Waals surface area contributed by atoms with E-state index < -0.39 is 5.91 Å². The lowest BCUT2D eigenvalue weighted by atomic mass is 10.2. The van der Waals surface area contributed by atoms with E-state index in [1.54, 1.807) is 25.3 Å². The Hall–Kier alpha value is -2.94. The number of carbonyl (C=O) groups excluding carboxylic acids is 2. The van der Waals surface area contributed by atoms with Crippen LogP contribution >= 0.6 is 0 Å². The largest absolute Gasteiger partial charge is 0.369 e.